The Morgan fingerprint density at radius 1 is 1.59 bits per heavy atom. The molecule has 0 bridgehead atoms. The van der Waals surface area contributed by atoms with E-state index in [0.29, 0.717) is 6.04 Å². The first-order valence-corrected chi connectivity index (χ1v) is 7.63. The van der Waals surface area contributed by atoms with Crippen molar-refractivity contribution in [2.75, 3.05) is 18.9 Å². The Balaban J connectivity index is 2.42. The zero-order valence-corrected chi connectivity index (χ0v) is 12.4. The Hall–Kier alpha value is -0.100. The second-order valence-corrected chi connectivity index (χ2v) is 5.63. The van der Waals surface area contributed by atoms with Crippen molar-refractivity contribution in [3.63, 3.8) is 0 Å². The van der Waals surface area contributed by atoms with Gasteiger partial charge in [-0.25, -0.2) is 4.98 Å². The molecule has 1 unspecified atom stereocenters. The van der Waals surface area contributed by atoms with Crippen molar-refractivity contribution in [3.05, 3.63) is 22.8 Å². The van der Waals surface area contributed by atoms with Crippen molar-refractivity contribution < 1.29 is 5.11 Å². The lowest BCUT2D eigenvalue weighted by Crippen LogP contribution is -2.32. The Morgan fingerprint density at radius 2 is 2.41 bits per heavy atom. The Kier molecular flexibility index (Phi) is 7.84. The van der Waals surface area contributed by atoms with E-state index in [1.54, 1.807) is 18.0 Å². The first-order valence-electron chi connectivity index (χ1n) is 5.85. The van der Waals surface area contributed by atoms with E-state index in [4.69, 9.17) is 5.11 Å². The highest BCUT2D eigenvalue weighted by Gasteiger charge is 2.09. The second-order valence-electron chi connectivity index (χ2n) is 3.76. The quantitative estimate of drug-likeness (QED) is 0.723. The van der Waals surface area contributed by atoms with Gasteiger partial charge in [0.15, 0.2) is 0 Å². The molecule has 0 aliphatic carbocycles. The lowest BCUT2D eigenvalue weighted by molar-refractivity contribution is 0.270. The molecule has 3 nitrogen and oxygen atoms in total. The third-order valence-corrected chi connectivity index (χ3v) is 4.38. The molecule has 0 saturated carbocycles. The smallest absolute Gasteiger partial charge is 0.110 e. The number of aliphatic hydroxyl groups is 1. The highest BCUT2D eigenvalue weighted by atomic mass is 79.9. The van der Waals surface area contributed by atoms with Crippen LogP contribution in [0.15, 0.2) is 27.8 Å². The fourth-order valence-corrected chi connectivity index (χ4v) is 2.99. The molecule has 17 heavy (non-hydrogen) atoms. The Bertz CT molecular complexity index is 325. The molecule has 0 aliphatic rings. The van der Waals surface area contributed by atoms with Crippen molar-refractivity contribution in [2.45, 2.75) is 30.8 Å². The summed E-state index contributed by atoms with van der Waals surface area (Å²) in [6.45, 7) is 3.37. The highest BCUT2D eigenvalue weighted by molar-refractivity contribution is 9.10. The number of thioether (sulfide) groups is 1. The van der Waals surface area contributed by atoms with Gasteiger partial charge in [0, 0.05) is 29.1 Å². The van der Waals surface area contributed by atoms with Crippen molar-refractivity contribution in [2.24, 2.45) is 0 Å². The number of nitrogens with one attached hydrogen (secondary N) is 1. The van der Waals surface area contributed by atoms with Crippen LogP contribution < -0.4 is 5.32 Å². The number of aliphatic hydroxyl groups excluding tert-OH is 1. The third-order valence-electron chi connectivity index (χ3n) is 2.31. The minimum Gasteiger partial charge on any atom is -0.396 e. The second kappa shape index (κ2) is 8.91. The van der Waals surface area contributed by atoms with Gasteiger partial charge in [0.25, 0.3) is 0 Å². The first kappa shape index (κ1) is 15.0. The topological polar surface area (TPSA) is 45.1 Å². The summed E-state index contributed by atoms with van der Waals surface area (Å²) in [4.78, 5) is 4.32. The zero-order valence-electron chi connectivity index (χ0n) is 10.0. The van der Waals surface area contributed by atoms with Crippen LogP contribution in [0.4, 0.5) is 0 Å². The Labute approximate surface area is 116 Å². The largest absolute Gasteiger partial charge is 0.396 e. The van der Waals surface area contributed by atoms with Gasteiger partial charge in [-0.3, -0.25) is 0 Å². The van der Waals surface area contributed by atoms with Crippen LogP contribution in [0.2, 0.25) is 0 Å². The van der Waals surface area contributed by atoms with E-state index in [0.717, 1.165) is 34.6 Å². The maximum Gasteiger partial charge on any atom is 0.110 e. The molecule has 0 saturated heterocycles. The lowest BCUT2D eigenvalue weighted by Gasteiger charge is -2.16. The number of hydrogen-bond acceptors (Lipinski definition) is 4. The first-order chi connectivity index (χ1) is 8.27. The van der Waals surface area contributed by atoms with Gasteiger partial charge >= 0.3 is 0 Å². The lowest BCUT2D eigenvalue weighted by atomic mass is 10.2. The van der Waals surface area contributed by atoms with E-state index < -0.39 is 0 Å². The van der Waals surface area contributed by atoms with Gasteiger partial charge in [-0.05, 0) is 47.4 Å². The monoisotopic (exact) mass is 318 g/mol. The predicted octanol–water partition coefficient (Wildman–Crippen LogP) is 2.69. The Morgan fingerprint density at radius 3 is 3.06 bits per heavy atom. The van der Waals surface area contributed by atoms with Gasteiger partial charge in [0.2, 0.25) is 0 Å². The normalized spacial score (nSPS) is 12.6. The van der Waals surface area contributed by atoms with E-state index in [-0.39, 0.29) is 6.61 Å². The van der Waals surface area contributed by atoms with Crippen LogP contribution in [0.3, 0.4) is 0 Å². The fraction of sp³-hybridized carbons (Fsp3) is 0.583. The van der Waals surface area contributed by atoms with Crippen molar-refractivity contribution in [1.29, 1.82) is 0 Å². The maximum atomic E-state index is 9.01. The highest BCUT2D eigenvalue weighted by Crippen LogP contribution is 2.25. The molecule has 1 atom stereocenters. The van der Waals surface area contributed by atoms with Crippen molar-refractivity contribution >= 4 is 27.7 Å². The van der Waals surface area contributed by atoms with Crippen LogP contribution in [0.25, 0.3) is 0 Å². The minimum atomic E-state index is 0.228. The standard InChI is InChI=1S/C12H19BrN2OS/c1-2-6-14-10(5-8-16)9-17-12-11(13)4-3-7-15-12/h3-4,7,10,14,16H,2,5-6,8-9H2,1H3. The number of hydrogen-bond donors (Lipinski definition) is 2. The molecule has 0 spiro atoms. The van der Waals surface area contributed by atoms with Crippen LogP contribution in [-0.4, -0.2) is 35.0 Å². The van der Waals surface area contributed by atoms with E-state index in [9.17, 15) is 0 Å². The fourth-order valence-electron chi connectivity index (χ4n) is 1.41. The van der Waals surface area contributed by atoms with Gasteiger partial charge in [0.1, 0.15) is 5.03 Å². The number of halogens is 1. The summed E-state index contributed by atoms with van der Waals surface area (Å²) in [6, 6.07) is 4.25. The number of nitrogens with zero attached hydrogens (tertiary/aromatic N) is 1. The third kappa shape index (κ3) is 5.86. The summed E-state index contributed by atoms with van der Waals surface area (Å²) in [5.74, 6) is 0.927. The number of rotatable bonds is 8. The molecule has 1 aromatic rings. The molecule has 0 fully saturated rings. The number of pyridine rings is 1. The summed E-state index contributed by atoms with van der Waals surface area (Å²) in [5.41, 5.74) is 0. The molecule has 0 aromatic carbocycles. The van der Waals surface area contributed by atoms with Gasteiger partial charge in [-0.1, -0.05) is 6.92 Å². The van der Waals surface area contributed by atoms with Gasteiger partial charge < -0.3 is 10.4 Å². The van der Waals surface area contributed by atoms with E-state index in [1.165, 1.54) is 0 Å². The molecule has 0 radical (unpaired) electrons. The summed E-state index contributed by atoms with van der Waals surface area (Å²) < 4.78 is 1.03. The number of aromatic nitrogens is 1. The summed E-state index contributed by atoms with van der Waals surface area (Å²) >= 11 is 5.20. The molecule has 1 aromatic heterocycles. The maximum absolute atomic E-state index is 9.01. The van der Waals surface area contributed by atoms with Gasteiger partial charge in [-0.15, -0.1) is 11.8 Å². The van der Waals surface area contributed by atoms with E-state index in [1.807, 2.05) is 12.1 Å². The van der Waals surface area contributed by atoms with Crippen LogP contribution in [0.1, 0.15) is 19.8 Å². The van der Waals surface area contributed by atoms with Crippen LogP contribution in [-0.2, 0) is 0 Å². The predicted molar refractivity (Wildman–Crippen MR) is 76.4 cm³/mol. The molecule has 5 heteroatoms. The van der Waals surface area contributed by atoms with Gasteiger partial charge in [-0.2, -0.15) is 0 Å². The SMILES string of the molecule is CCCNC(CCO)CSc1ncccc1Br. The molecule has 1 heterocycles. The zero-order chi connectivity index (χ0) is 12.5. The van der Waals surface area contributed by atoms with E-state index in [2.05, 4.69) is 33.2 Å². The molecule has 0 aliphatic heterocycles. The molecule has 96 valence electrons. The molecular weight excluding hydrogens is 300 g/mol. The average molecular weight is 319 g/mol. The molecule has 2 N–H and O–H groups in total. The summed E-state index contributed by atoms with van der Waals surface area (Å²) in [5, 5.41) is 13.5. The van der Waals surface area contributed by atoms with Crippen LogP contribution in [0.5, 0.6) is 0 Å². The average Bonchev–Trinajstić information content (AvgIpc) is 2.34. The summed E-state index contributed by atoms with van der Waals surface area (Å²) in [7, 11) is 0. The minimum absolute atomic E-state index is 0.228. The van der Waals surface area contributed by atoms with Gasteiger partial charge in [0.05, 0.1) is 0 Å². The summed E-state index contributed by atoms with van der Waals surface area (Å²) in [6.07, 6.45) is 3.70. The van der Waals surface area contributed by atoms with Crippen LogP contribution >= 0.6 is 27.7 Å². The van der Waals surface area contributed by atoms with Crippen molar-refractivity contribution in [3.8, 4) is 0 Å². The van der Waals surface area contributed by atoms with E-state index >= 15 is 0 Å². The molecule has 0 amide bonds. The molecular formula is C12H19BrN2OS. The van der Waals surface area contributed by atoms with Crippen molar-refractivity contribution in [1.82, 2.24) is 10.3 Å². The molecule has 1 rings (SSSR count). The van der Waals surface area contributed by atoms with Crippen LogP contribution in [0, 0.1) is 0 Å².